The molecule has 96 valence electrons. The second kappa shape index (κ2) is 6.71. The van der Waals surface area contributed by atoms with Crippen LogP contribution in [0.2, 0.25) is 0 Å². The van der Waals surface area contributed by atoms with E-state index in [1.54, 1.807) is 6.20 Å². The maximum atomic E-state index is 8.85. The number of ether oxygens (including phenoxy) is 1. The number of nitriles is 1. The van der Waals surface area contributed by atoms with Crippen LogP contribution < -0.4 is 10.1 Å². The fraction of sp³-hybridized carbons (Fsp3) is 0.154. The van der Waals surface area contributed by atoms with E-state index < -0.39 is 0 Å². The van der Waals surface area contributed by atoms with Gasteiger partial charge in [0.15, 0.2) is 11.5 Å². The molecule has 0 amide bonds. The molecular formula is C13H11BrN4O. The Morgan fingerprint density at radius 1 is 1.21 bits per heavy atom. The largest absolute Gasteiger partial charge is 0.492 e. The summed E-state index contributed by atoms with van der Waals surface area (Å²) in [7, 11) is 0. The molecule has 0 saturated heterocycles. The molecule has 0 unspecified atom stereocenters. The summed E-state index contributed by atoms with van der Waals surface area (Å²) in [6.07, 6.45) is 3.03. The van der Waals surface area contributed by atoms with Crippen molar-refractivity contribution in [1.82, 2.24) is 9.97 Å². The Kier molecular flexibility index (Phi) is 4.70. The van der Waals surface area contributed by atoms with Crippen molar-refractivity contribution in [3.63, 3.8) is 0 Å². The number of rotatable bonds is 5. The maximum absolute atomic E-state index is 8.85. The highest BCUT2D eigenvalue weighted by atomic mass is 79.9. The minimum atomic E-state index is 0.283. The first-order valence-corrected chi connectivity index (χ1v) is 6.42. The van der Waals surface area contributed by atoms with Crippen LogP contribution in [-0.2, 0) is 0 Å². The fourth-order valence-electron chi connectivity index (χ4n) is 1.42. The van der Waals surface area contributed by atoms with Gasteiger partial charge in [-0.05, 0) is 24.3 Å². The topological polar surface area (TPSA) is 70.8 Å². The van der Waals surface area contributed by atoms with E-state index in [-0.39, 0.29) is 5.69 Å². The normalized spacial score (nSPS) is 9.68. The summed E-state index contributed by atoms with van der Waals surface area (Å²) in [4.78, 5) is 7.96. The molecule has 0 aliphatic carbocycles. The van der Waals surface area contributed by atoms with Crippen LogP contribution in [-0.4, -0.2) is 23.1 Å². The van der Waals surface area contributed by atoms with Crippen molar-refractivity contribution in [3.8, 4) is 11.8 Å². The number of anilines is 1. The predicted molar refractivity (Wildman–Crippen MR) is 74.9 cm³/mol. The molecule has 19 heavy (non-hydrogen) atoms. The van der Waals surface area contributed by atoms with Gasteiger partial charge in [-0.25, -0.2) is 9.97 Å². The summed E-state index contributed by atoms with van der Waals surface area (Å²) >= 11 is 3.36. The van der Waals surface area contributed by atoms with Crippen molar-refractivity contribution in [2.75, 3.05) is 18.5 Å². The molecule has 2 aromatic rings. The van der Waals surface area contributed by atoms with Crippen LogP contribution >= 0.6 is 15.9 Å². The van der Waals surface area contributed by atoms with Gasteiger partial charge in [0.05, 0.1) is 6.54 Å². The minimum Gasteiger partial charge on any atom is -0.492 e. The highest BCUT2D eigenvalue weighted by Gasteiger charge is 2.02. The Hall–Kier alpha value is -2.13. The molecule has 0 aliphatic heterocycles. The predicted octanol–water partition coefficient (Wildman–Crippen LogP) is 2.60. The standard InChI is InChI=1S/C13H11BrN4O/c14-10-1-3-11(4-2-10)19-8-7-18-13-12(9-15)16-5-6-17-13/h1-6H,7-8H2,(H,17,18). The first-order valence-electron chi connectivity index (χ1n) is 5.63. The molecule has 1 heterocycles. The molecule has 1 N–H and O–H groups in total. The number of hydrogen-bond donors (Lipinski definition) is 1. The van der Waals surface area contributed by atoms with Crippen molar-refractivity contribution in [2.24, 2.45) is 0 Å². The van der Waals surface area contributed by atoms with E-state index in [1.165, 1.54) is 6.20 Å². The summed E-state index contributed by atoms with van der Waals surface area (Å²) in [5, 5.41) is 11.9. The Morgan fingerprint density at radius 3 is 2.68 bits per heavy atom. The van der Waals surface area contributed by atoms with Crippen LogP contribution in [0.4, 0.5) is 5.82 Å². The van der Waals surface area contributed by atoms with Crippen molar-refractivity contribution in [3.05, 3.63) is 46.8 Å². The van der Waals surface area contributed by atoms with Gasteiger partial charge in [-0.1, -0.05) is 15.9 Å². The number of halogens is 1. The van der Waals surface area contributed by atoms with Gasteiger partial charge < -0.3 is 10.1 Å². The van der Waals surface area contributed by atoms with Gasteiger partial charge in [-0.15, -0.1) is 0 Å². The highest BCUT2D eigenvalue weighted by Crippen LogP contribution is 2.15. The van der Waals surface area contributed by atoms with E-state index in [9.17, 15) is 0 Å². The Balaban J connectivity index is 1.81. The lowest BCUT2D eigenvalue weighted by Crippen LogP contribution is -2.13. The van der Waals surface area contributed by atoms with Crippen LogP contribution in [0, 0.1) is 11.3 Å². The van der Waals surface area contributed by atoms with Crippen molar-refractivity contribution >= 4 is 21.7 Å². The van der Waals surface area contributed by atoms with Crippen molar-refractivity contribution in [1.29, 1.82) is 5.26 Å². The molecule has 0 bridgehead atoms. The third-order valence-corrected chi connectivity index (χ3v) is 2.81. The van der Waals surface area contributed by atoms with Crippen LogP contribution in [0.15, 0.2) is 41.1 Å². The Morgan fingerprint density at radius 2 is 1.95 bits per heavy atom. The van der Waals surface area contributed by atoms with Gasteiger partial charge in [-0.3, -0.25) is 0 Å². The molecule has 6 heteroatoms. The van der Waals surface area contributed by atoms with E-state index in [2.05, 4.69) is 31.2 Å². The molecule has 2 rings (SSSR count). The third-order valence-electron chi connectivity index (χ3n) is 2.28. The maximum Gasteiger partial charge on any atom is 0.182 e. The smallest absolute Gasteiger partial charge is 0.182 e. The zero-order valence-electron chi connectivity index (χ0n) is 10.0. The molecule has 0 fully saturated rings. The molecule has 0 spiro atoms. The molecule has 0 radical (unpaired) electrons. The van der Waals surface area contributed by atoms with E-state index in [0.717, 1.165) is 10.2 Å². The number of nitrogens with zero attached hydrogens (tertiary/aromatic N) is 3. The number of nitrogens with one attached hydrogen (secondary N) is 1. The second-order valence-corrected chi connectivity index (χ2v) is 4.51. The van der Waals surface area contributed by atoms with E-state index in [0.29, 0.717) is 19.0 Å². The monoisotopic (exact) mass is 318 g/mol. The number of benzene rings is 1. The summed E-state index contributed by atoms with van der Waals surface area (Å²) in [6.45, 7) is 1.02. The van der Waals surface area contributed by atoms with E-state index in [1.807, 2.05) is 30.3 Å². The van der Waals surface area contributed by atoms with Gasteiger partial charge in [-0.2, -0.15) is 5.26 Å². The summed E-state index contributed by atoms with van der Waals surface area (Å²) in [5.41, 5.74) is 0.283. The van der Waals surface area contributed by atoms with Gasteiger partial charge in [0.2, 0.25) is 0 Å². The molecule has 0 aliphatic rings. The number of hydrogen-bond acceptors (Lipinski definition) is 5. The lowest BCUT2D eigenvalue weighted by atomic mass is 10.3. The van der Waals surface area contributed by atoms with Crippen LogP contribution in [0.1, 0.15) is 5.69 Å². The quantitative estimate of drug-likeness (QED) is 0.858. The average molecular weight is 319 g/mol. The van der Waals surface area contributed by atoms with Gasteiger partial charge in [0.1, 0.15) is 18.4 Å². The third kappa shape index (κ3) is 3.93. The summed E-state index contributed by atoms with van der Waals surface area (Å²) in [5.74, 6) is 1.27. The molecule has 0 saturated carbocycles. The molecule has 0 atom stereocenters. The number of aromatic nitrogens is 2. The van der Waals surface area contributed by atoms with Crippen LogP contribution in [0.5, 0.6) is 5.75 Å². The molecule has 1 aromatic heterocycles. The summed E-state index contributed by atoms with van der Waals surface area (Å²) < 4.78 is 6.55. The van der Waals surface area contributed by atoms with E-state index in [4.69, 9.17) is 10.00 Å². The lowest BCUT2D eigenvalue weighted by molar-refractivity contribution is 0.332. The van der Waals surface area contributed by atoms with Crippen molar-refractivity contribution < 1.29 is 4.74 Å². The van der Waals surface area contributed by atoms with E-state index >= 15 is 0 Å². The Bertz CT molecular complexity index is 580. The van der Waals surface area contributed by atoms with Crippen molar-refractivity contribution in [2.45, 2.75) is 0 Å². The zero-order valence-corrected chi connectivity index (χ0v) is 11.6. The first-order chi connectivity index (χ1) is 9.29. The minimum absolute atomic E-state index is 0.283. The second-order valence-electron chi connectivity index (χ2n) is 3.59. The first kappa shape index (κ1) is 13.3. The highest BCUT2D eigenvalue weighted by molar-refractivity contribution is 9.10. The molecular weight excluding hydrogens is 308 g/mol. The molecule has 5 nitrogen and oxygen atoms in total. The average Bonchev–Trinajstić information content (AvgIpc) is 2.46. The fourth-order valence-corrected chi connectivity index (χ4v) is 1.68. The SMILES string of the molecule is N#Cc1nccnc1NCCOc1ccc(Br)cc1. The van der Waals surface area contributed by atoms with Gasteiger partial charge in [0.25, 0.3) is 0 Å². The van der Waals surface area contributed by atoms with Gasteiger partial charge in [0, 0.05) is 16.9 Å². The van der Waals surface area contributed by atoms with Gasteiger partial charge >= 0.3 is 0 Å². The van der Waals surface area contributed by atoms with Crippen LogP contribution in [0.25, 0.3) is 0 Å². The molecule has 1 aromatic carbocycles. The summed E-state index contributed by atoms with van der Waals surface area (Å²) in [6, 6.07) is 9.57. The van der Waals surface area contributed by atoms with Crippen LogP contribution in [0.3, 0.4) is 0 Å². The lowest BCUT2D eigenvalue weighted by Gasteiger charge is -2.08. The zero-order chi connectivity index (χ0) is 13.5. The Labute approximate surface area is 119 Å².